The summed E-state index contributed by atoms with van der Waals surface area (Å²) in [5.74, 6) is 0.575. The van der Waals surface area contributed by atoms with Crippen LogP contribution in [0, 0.1) is 5.92 Å². The van der Waals surface area contributed by atoms with Crippen LogP contribution in [-0.2, 0) is 4.74 Å². The predicted octanol–water partition coefficient (Wildman–Crippen LogP) is 3.43. The van der Waals surface area contributed by atoms with Gasteiger partial charge < -0.3 is 10.1 Å². The summed E-state index contributed by atoms with van der Waals surface area (Å²) < 4.78 is 5.63. The van der Waals surface area contributed by atoms with Gasteiger partial charge in [-0.15, -0.1) is 0 Å². The van der Waals surface area contributed by atoms with Crippen LogP contribution in [0.4, 0.5) is 0 Å². The van der Waals surface area contributed by atoms with Crippen LogP contribution in [0.25, 0.3) is 0 Å². The van der Waals surface area contributed by atoms with Crippen molar-refractivity contribution in [3.63, 3.8) is 0 Å². The van der Waals surface area contributed by atoms with Crippen molar-refractivity contribution < 1.29 is 4.74 Å². The summed E-state index contributed by atoms with van der Waals surface area (Å²) in [5.41, 5.74) is 2.26. The summed E-state index contributed by atoms with van der Waals surface area (Å²) in [6.45, 7) is 6.65. The molecule has 1 aromatic heterocycles. The van der Waals surface area contributed by atoms with E-state index in [0.29, 0.717) is 12.5 Å². The number of hydrogen-bond donors (Lipinski definition) is 1. The zero-order valence-electron chi connectivity index (χ0n) is 12.8. The largest absolute Gasteiger partial charge is 0.380 e. The Morgan fingerprint density at radius 2 is 1.81 bits per heavy atom. The molecule has 2 rings (SSSR count). The summed E-state index contributed by atoms with van der Waals surface area (Å²) >= 11 is 0. The van der Waals surface area contributed by atoms with Gasteiger partial charge in [0, 0.05) is 19.3 Å². The number of pyridine rings is 1. The van der Waals surface area contributed by atoms with Gasteiger partial charge in [-0.2, -0.15) is 0 Å². The van der Waals surface area contributed by atoms with Crippen molar-refractivity contribution in [1.29, 1.82) is 0 Å². The highest BCUT2D eigenvalue weighted by Gasteiger charge is 2.13. The molecular weight excluding hydrogens is 260 g/mol. The van der Waals surface area contributed by atoms with Crippen LogP contribution >= 0.6 is 0 Å². The first-order valence-electron chi connectivity index (χ1n) is 7.54. The molecule has 0 spiro atoms. The molecule has 0 aliphatic rings. The standard InChI is InChI=1S/C18H24N2O/c1-15(2)14-21-13-12-20-18(16-8-4-3-5-9-16)17-10-6-7-11-19-17/h3-11,15,18,20H,12-14H2,1-2H3. The van der Waals surface area contributed by atoms with E-state index in [1.807, 2.05) is 24.4 Å². The van der Waals surface area contributed by atoms with Gasteiger partial charge in [-0.25, -0.2) is 0 Å². The van der Waals surface area contributed by atoms with Crippen molar-refractivity contribution in [2.75, 3.05) is 19.8 Å². The normalized spacial score (nSPS) is 12.5. The van der Waals surface area contributed by atoms with Crippen molar-refractivity contribution in [2.24, 2.45) is 5.92 Å². The molecule has 0 fully saturated rings. The molecule has 0 aliphatic carbocycles. The van der Waals surface area contributed by atoms with Gasteiger partial charge in [-0.1, -0.05) is 50.2 Å². The van der Waals surface area contributed by atoms with E-state index in [2.05, 4.69) is 54.5 Å². The first kappa shape index (κ1) is 15.7. The van der Waals surface area contributed by atoms with Crippen molar-refractivity contribution in [2.45, 2.75) is 19.9 Å². The summed E-state index contributed by atoms with van der Waals surface area (Å²) in [7, 11) is 0. The lowest BCUT2D eigenvalue weighted by Gasteiger charge is -2.19. The maximum Gasteiger partial charge on any atom is 0.0752 e. The summed E-state index contributed by atoms with van der Waals surface area (Å²) in [6, 6.07) is 16.5. The van der Waals surface area contributed by atoms with Crippen LogP contribution in [0.2, 0.25) is 0 Å². The van der Waals surface area contributed by atoms with Crippen LogP contribution in [0.15, 0.2) is 54.7 Å². The minimum absolute atomic E-state index is 0.107. The number of ether oxygens (including phenoxy) is 1. The third-order valence-electron chi connectivity index (χ3n) is 3.16. The highest BCUT2D eigenvalue weighted by Crippen LogP contribution is 2.19. The molecule has 1 aromatic carbocycles. The van der Waals surface area contributed by atoms with Gasteiger partial charge in [0.1, 0.15) is 0 Å². The van der Waals surface area contributed by atoms with Gasteiger partial charge in [0.2, 0.25) is 0 Å². The van der Waals surface area contributed by atoms with Gasteiger partial charge in [-0.3, -0.25) is 4.98 Å². The van der Waals surface area contributed by atoms with Gasteiger partial charge in [-0.05, 0) is 23.6 Å². The minimum Gasteiger partial charge on any atom is -0.380 e. The van der Waals surface area contributed by atoms with E-state index in [9.17, 15) is 0 Å². The fourth-order valence-corrected chi connectivity index (χ4v) is 2.18. The molecule has 1 N–H and O–H groups in total. The molecule has 0 amide bonds. The molecule has 21 heavy (non-hydrogen) atoms. The zero-order chi connectivity index (χ0) is 14.9. The molecule has 1 atom stereocenters. The Hall–Kier alpha value is -1.71. The second-order valence-electron chi connectivity index (χ2n) is 5.52. The number of nitrogens with zero attached hydrogens (tertiary/aromatic N) is 1. The Labute approximate surface area is 127 Å². The zero-order valence-corrected chi connectivity index (χ0v) is 12.8. The smallest absolute Gasteiger partial charge is 0.0752 e. The van der Waals surface area contributed by atoms with E-state index < -0.39 is 0 Å². The van der Waals surface area contributed by atoms with Crippen LogP contribution in [0.5, 0.6) is 0 Å². The van der Waals surface area contributed by atoms with Crippen molar-refractivity contribution in [3.05, 3.63) is 66.0 Å². The third-order valence-corrected chi connectivity index (χ3v) is 3.16. The fraction of sp³-hybridized carbons (Fsp3) is 0.389. The maximum atomic E-state index is 5.63. The monoisotopic (exact) mass is 284 g/mol. The first-order valence-corrected chi connectivity index (χ1v) is 7.54. The molecule has 0 radical (unpaired) electrons. The summed E-state index contributed by atoms with van der Waals surface area (Å²) in [5, 5.41) is 3.54. The average molecular weight is 284 g/mol. The molecule has 0 saturated carbocycles. The van der Waals surface area contributed by atoms with Crippen LogP contribution in [-0.4, -0.2) is 24.7 Å². The molecular formula is C18H24N2O. The maximum absolute atomic E-state index is 5.63. The van der Waals surface area contributed by atoms with Crippen LogP contribution in [0.3, 0.4) is 0 Å². The average Bonchev–Trinajstić information content (AvgIpc) is 2.52. The Balaban J connectivity index is 1.97. The molecule has 0 bridgehead atoms. The molecule has 0 aliphatic heterocycles. The lowest BCUT2D eigenvalue weighted by molar-refractivity contribution is 0.110. The fourth-order valence-electron chi connectivity index (χ4n) is 2.18. The van der Waals surface area contributed by atoms with Crippen molar-refractivity contribution >= 4 is 0 Å². The van der Waals surface area contributed by atoms with Gasteiger partial charge in [0.05, 0.1) is 18.3 Å². The van der Waals surface area contributed by atoms with Crippen LogP contribution in [0.1, 0.15) is 31.1 Å². The summed E-state index contributed by atoms with van der Waals surface area (Å²) in [4.78, 5) is 4.48. The van der Waals surface area contributed by atoms with Gasteiger partial charge >= 0.3 is 0 Å². The second-order valence-corrected chi connectivity index (χ2v) is 5.52. The molecule has 3 heteroatoms. The number of nitrogens with one attached hydrogen (secondary N) is 1. The molecule has 2 aromatic rings. The predicted molar refractivity (Wildman–Crippen MR) is 86.2 cm³/mol. The lowest BCUT2D eigenvalue weighted by atomic mass is 10.0. The Kier molecular flexibility index (Phi) is 6.38. The number of aromatic nitrogens is 1. The van der Waals surface area contributed by atoms with E-state index >= 15 is 0 Å². The quantitative estimate of drug-likeness (QED) is 0.754. The van der Waals surface area contributed by atoms with Crippen molar-refractivity contribution in [1.82, 2.24) is 10.3 Å². The lowest BCUT2D eigenvalue weighted by Crippen LogP contribution is -2.27. The second kappa shape index (κ2) is 8.55. The number of rotatable bonds is 8. The topological polar surface area (TPSA) is 34.1 Å². The number of benzene rings is 1. The Morgan fingerprint density at radius 1 is 1.05 bits per heavy atom. The highest BCUT2D eigenvalue weighted by molar-refractivity contribution is 5.27. The first-order chi connectivity index (χ1) is 10.3. The number of hydrogen-bond acceptors (Lipinski definition) is 3. The molecule has 3 nitrogen and oxygen atoms in total. The van der Waals surface area contributed by atoms with Gasteiger partial charge in [0.15, 0.2) is 0 Å². The highest BCUT2D eigenvalue weighted by atomic mass is 16.5. The molecule has 1 unspecified atom stereocenters. The Bertz CT molecular complexity index is 460. The SMILES string of the molecule is CC(C)COCCNC(c1ccccc1)c1ccccn1. The van der Waals surface area contributed by atoms with E-state index in [4.69, 9.17) is 4.74 Å². The molecule has 0 saturated heterocycles. The van der Waals surface area contributed by atoms with E-state index in [1.54, 1.807) is 0 Å². The summed E-state index contributed by atoms with van der Waals surface area (Å²) in [6.07, 6.45) is 1.84. The molecule has 1 heterocycles. The Morgan fingerprint density at radius 3 is 2.48 bits per heavy atom. The van der Waals surface area contributed by atoms with Crippen molar-refractivity contribution in [3.8, 4) is 0 Å². The van der Waals surface area contributed by atoms with E-state index in [1.165, 1.54) is 5.56 Å². The van der Waals surface area contributed by atoms with E-state index in [-0.39, 0.29) is 6.04 Å². The minimum atomic E-state index is 0.107. The van der Waals surface area contributed by atoms with E-state index in [0.717, 1.165) is 18.8 Å². The third kappa shape index (κ3) is 5.29. The van der Waals surface area contributed by atoms with Gasteiger partial charge in [0.25, 0.3) is 0 Å². The molecule has 112 valence electrons. The van der Waals surface area contributed by atoms with Crippen LogP contribution < -0.4 is 5.32 Å².